The van der Waals surface area contributed by atoms with Crippen LogP contribution in [0, 0.1) is 11.7 Å². The van der Waals surface area contributed by atoms with E-state index in [2.05, 4.69) is 0 Å². The van der Waals surface area contributed by atoms with Gasteiger partial charge >= 0.3 is 5.97 Å². The molecule has 0 spiro atoms. The van der Waals surface area contributed by atoms with Crippen LogP contribution in [0.2, 0.25) is 0 Å². The number of halogens is 1. The summed E-state index contributed by atoms with van der Waals surface area (Å²) in [6, 6.07) is 15.6. The topological polar surface area (TPSA) is 43.4 Å². The SMILES string of the molecule is CCOC(=O)C1C(=O)C=C(c2ccccc2)CC1c1ccc(F)cc1. The molecule has 1 aliphatic rings. The molecular formula is C21H19FO3. The minimum Gasteiger partial charge on any atom is -0.465 e. The predicted octanol–water partition coefficient (Wildman–Crippen LogP) is 4.15. The lowest BCUT2D eigenvalue weighted by molar-refractivity contribution is -0.151. The number of carbonyl (C=O) groups excluding carboxylic acids is 2. The number of ketones is 1. The van der Waals surface area contributed by atoms with E-state index in [9.17, 15) is 14.0 Å². The summed E-state index contributed by atoms with van der Waals surface area (Å²) >= 11 is 0. The van der Waals surface area contributed by atoms with Gasteiger partial charge in [0.1, 0.15) is 11.7 Å². The highest BCUT2D eigenvalue weighted by Crippen LogP contribution is 2.40. The molecule has 0 fully saturated rings. The zero-order valence-corrected chi connectivity index (χ0v) is 13.9. The number of rotatable bonds is 4. The molecule has 128 valence electrons. The minimum absolute atomic E-state index is 0.216. The zero-order chi connectivity index (χ0) is 17.8. The molecule has 1 aliphatic carbocycles. The van der Waals surface area contributed by atoms with E-state index in [-0.39, 0.29) is 24.1 Å². The van der Waals surface area contributed by atoms with E-state index in [0.717, 1.165) is 16.7 Å². The molecule has 0 aromatic heterocycles. The molecule has 2 aromatic carbocycles. The minimum atomic E-state index is -0.891. The molecule has 0 bridgehead atoms. The Morgan fingerprint density at radius 1 is 1.12 bits per heavy atom. The number of ether oxygens (including phenoxy) is 1. The third-order valence-electron chi connectivity index (χ3n) is 4.45. The first kappa shape index (κ1) is 17.1. The number of carbonyl (C=O) groups is 2. The van der Waals surface area contributed by atoms with Crippen LogP contribution in [0.1, 0.15) is 30.4 Å². The van der Waals surface area contributed by atoms with Gasteiger partial charge in [0, 0.05) is 5.92 Å². The quantitative estimate of drug-likeness (QED) is 0.621. The molecule has 2 unspecified atom stereocenters. The van der Waals surface area contributed by atoms with E-state index < -0.39 is 11.9 Å². The van der Waals surface area contributed by atoms with E-state index in [1.165, 1.54) is 18.2 Å². The van der Waals surface area contributed by atoms with Crippen LogP contribution in [-0.4, -0.2) is 18.4 Å². The summed E-state index contributed by atoms with van der Waals surface area (Å²) in [6.07, 6.45) is 2.06. The van der Waals surface area contributed by atoms with Gasteiger partial charge in [0.15, 0.2) is 5.78 Å². The molecule has 0 amide bonds. The van der Waals surface area contributed by atoms with Crippen LogP contribution in [0.5, 0.6) is 0 Å². The van der Waals surface area contributed by atoms with E-state index in [4.69, 9.17) is 4.74 Å². The summed E-state index contributed by atoms with van der Waals surface area (Å²) in [5.74, 6) is -2.40. The third-order valence-corrected chi connectivity index (χ3v) is 4.45. The molecular weight excluding hydrogens is 319 g/mol. The molecule has 0 aliphatic heterocycles. The van der Waals surface area contributed by atoms with Crippen molar-refractivity contribution in [3.8, 4) is 0 Å². The predicted molar refractivity (Wildman–Crippen MR) is 93.3 cm³/mol. The van der Waals surface area contributed by atoms with Crippen LogP contribution in [0.3, 0.4) is 0 Å². The first-order chi connectivity index (χ1) is 12.1. The van der Waals surface area contributed by atoms with Crippen LogP contribution < -0.4 is 0 Å². The van der Waals surface area contributed by atoms with E-state index in [0.29, 0.717) is 6.42 Å². The first-order valence-electron chi connectivity index (χ1n) is 8.32. The second-order valence-corrected chi connectivity index (χ2v) is 6.03. The Labute approximate surface area is 146 Å². The highest BCUT2D eigenvalue weighted by atomic mass is 19.1. The smallest absolute Gasteiger partial charge is 0.317 e. The normalized spacial score (nSPS) is 20.1. The fraction of sp³-hybridized carbons (Fsp3) is 0.238. The lowest BCUT2D eigenvalue weighted by atomic mass is 9.73. The van der Waals surface area contributed by atoms with Crippen LogP contribution >= 0.6 is 0 Å². The van der Waals surface area contributed by atoms with Crippen LogP contribution in [0.4, 0.5) is 4.39 Å². The summed E-state index contributed by atoms with van der Waals surface area (Å²) in [6.45, 7) is 1.93. The van der Waals surface area contributed by atoms with Gasteiger partial charge in [0.05, 0.1) is 6.61 Å². The molecule has 0 N–H and O–H groups in total. The van der Waals surface area contributed by atoms with Crippen molar-refractivity contribution in [2.45, 2.75) is 19.3 Å². The average Bonchev–Trinajstić information content (AvgIpc) is 2.62. The number of hydrogen-bond donors (Lipinski definition) is 0. The van der Waals surface area contributed by atoms with Crippen molar-refractivity contribution >= 4 is 17.3 Å². The Morgan fingerprint density at radius 2 is 1.80 bits per heavy atom. The zero-order valence-electron chi connectivity index (χ0n) is 13.9. The average molecular weight is 338 g/mol. The fourth-order valence-corrected chi connectivity index (χ4v) is 3.26. The number of allylic oxidation sites excluding steroid dienone is 2. The molecule has 2 aromatic rings. The number of benzene rings is 2. The van der Waals surface area contributed by atoms with Gasteiger partial charge in [0.25, 0.3) is 0 Å². The second kappa shape index (κ2) is 7.43. The van der Waals surface area contributed by atoms with E-state index >= 15 is 0 Å². The maximum absolute atomic E-state index is 13.3. The van der Waals surface area contributed by atoms with Gasteiger partial charge in [-0.1, -0.05) is 42.5 Å². The monoisotopic (exact) mass is 338 g/mol. The maximum Gasteiger partial charge on any atom is 0.317 e. The number of esters is 1. The Morgan fingerprint density at radius 3 is 2.44 bits per heavy atom. The van der Waals surface area contributed by atoms with E-state index in [1.54, 1.807) is 19.1 Å². The Balaban J connectivity index is 2.01. The van der Waals surface area contributed by atoms with Crippen molar-refractivity contribution in [3.05, 3.63) is 77.6 Å². The summed E-state index contributed by atoms with van der Waals surface area (Å²) in [7, 11) is 0. The summed E-state index contributed by atoms with van der Waals surface area (Å²) in [5.41, 5.74) is 2.58. The molecule has 3 rings (SSSR count). The van der Waals surface area contributed by atoms with Crippen molar-refractivity contribution in [1.82, 2.24) is 0 Å². The van der Waals surface area contributed by atoms with E-state index in [1.807, 2.05) is 30.3 Å². The summed E-state index contributed by atoms with van der Waals surface area (Å²) in [4.78, 5) is 25.0. The molecule has 4 heteroatoms. The van der Waals surface area contributed by atoms with Gasteiger partial charge in [-0.05, 0) is 48.3 Å². The standard InChI is InChI=1S/C21H19FO3/c1-2-25-21(24)20-18(15-8-10-17(22)11-9-15)12-16(13-19(20)23)14-6-4-3-5-7-14/h3-11,13,18,20H,2,12H2,1H3. The van der Waals surface area contributed by atoms with Crippen molar-refractivity contribution in [3.63, 3.8) is 0 Å². The lowest BCUT2D eigenvalue weighted by Gasteiger charge is -2.29. The fourth-order valence-electron chi connectivity index (χ4n) is 3.26. The number of hydrogen-bond acceptors (Lipinski definition) is 3. The van der Waals surface area contributed by atoms with Gasteiger partial charge in [-0.3, -0.25) is 9.59 Å². The molecule has 0 radical (unpaired) electrons. The molecule has 0 saturated heterocycles. The second-order valence-electron chi connectivity index (χ2n) is 6.03. The molecule has 2 atom stereocenters. The van der Waals surface area contributed by atoms with Crippen molar-refractivity contribution in [2.24, 2.45) is 5.92 Å². The maximum atomic E-state index is 13.3. The van der Waals surface area contributed by atoms with Crippen LogP contribution in [0.25, 0.3) is 5.57 Å². The van der Waals surface area contributed by atoms with Gasteiger partial charge in [-0.2, -0.15) is 0 Å². The first-order valence-corrected chi connectivity index (χ1v) is 8.32. The molecule has 0 saturated carbocycles. The Hall–Kier alpha value is -2.75. The van der Waals surface area contributed by atoms with Gasteiger partial charge < -0.3 is 4.74 Å². The molecule has 3 nitrogen and oxygen atoms in total. The Kier molecular flexibility index (Phi) is 5.08. The highest BCUT2D eigenvalue weighted by molar-refractivity contribution is 6.10. The van der Waals surface area contributed by atoms with Crippen molar-refractivity contribution < 1.29 is 18.7 Å². The van der Waals surface area contributed by atoms with Crippen LogP contribution in [-0.2, 0) is 14.3 Å². The van der Waals surface area contributed by atoms with Gasteiger partial charge in [-0.15, -0.1) is 0 Å². The van der Waals surface area contributed by atoms with Crippen molar-refractivity contribution in [2.75, 3.05) is 6.61 Å². The summed E-state index contributed by atoms with van der Waals surface area (Å²) in [5, 5.41) is 0. The largest absolute Gasteiger partial charge is 0.465 e. The van der Waals surface area contributed by atoms with Gasteiger partial charge in [-0.25, -0.2) is 4.39 Å². The molecule has 0 heterocycles. The molecule has 25 heavy (non-hydrogen) atoms. The van der Waals surface area contributed by atoms with Crippen LogP contribution in [0.15, 0.2) is 60.7 Å². The Bertz CT molecular complexity index is 794. The van der Waals surface area contributed by atoms with Gasteiger partial charge in [0.2, 0.25) is 0 Å². The highest BCUT2D eigenvalue weighted by Gasteiger charge is 2.39. The lowest BCUT2D eigenvalue weighted by Crippen LogP contribution is -2.34. The third kappa shape index (κ3) is 3.68. The van der Waals surface area contributed by atoms with Crippen molar-refractivity contribution in [1.29, 1.82) is 0 Å². The summed E-state index contributed by atoms with van der Waals surface area (Å²) < 4.78 is 18.4.